The van der Waals surface area contributed by atoms with E-state index in [1.54, 1.807) is 13.8 Å². The molecule has 3 amide bonds. The van der Waals surface area contributed by atoms with Gasteiger partial charge in [0.05, 0.1) is 32.7 Å². The van der Waals surface area contributed by atoms with E-state index in [2.05, 4.69) is 38.9 Å². The summed E-state index contributed by atoms with van der Waals surface area (Å²) < 4.78 is 4.44. The van der Waals surface area contributed by atoms with Gasteiger partial charge in [-0.05, 0) is 31.6 Å². The van der Waals surface area contributed by atoms with E-state index in [1.807, 2.05) is 0 Å². The van der Waals surface area contributed by atoms with Crippen LogP contribution in [0.5, 0.6) is 0 Å². The number of hydrogen-bond donors (Lipinski definition) is 5. The first-order valence-corrected chi connectivity index (χ1v) is 12.1. The molecule has 208 valence electrons. The van der Waals surface area contributed by atoms with Gasteiger partial charge < -0.3 is 31.5 Å². The van der Waals surface area contributed by atoms with E-state index < -0.39 is 48.3 Å². The lowest BCUT2D eigenvalue weighted by atomic mass is 10.0. The van der Waals surface area contributed by atoms with Crippen molar-refractivity contribution in [2.45, 2.75) is 71.4 Å². The highest BCUT2D eigenvalue weighted by Gasteiger charge is 2.25. The summed E-state index contributed by atoms with van der Waals surface area (Å²) in [5, 5.41) is 14.9. The van der Waals surface area contributed by atoms with Crippen LogP contribution in [-0.4, -0.2) is 72.8 Å². The lowest BCUT2D eigenvalue weighted by Gasteiger charge is -2.22. The number of Topliss-reactive ketones (excluding diaryl/α,β-unsaturated/α-hetero) is 1. The number of carbonyl (C=O) groups excluding carboxylic acids is 5. The molecule has 12 nitrogen and oxygen atoms in total. The first-order valence-electron chi connectivity index (χ1n) is 12.1. The standard InChI is InChI=1S/C23H36N4O6.C2H4O2/c1-15(2)21(27-19(29)14-26-22(31)18(24)12-20(30)33-3)23(32)25-13-17(28)11-7-10-16-8-5-4-6-9-16;1-2(3)4/h5,8-9,15,18,21H,4,6-7,10-14,24H2,1-3H3,(H,25,32)(H,26,31)(H,27,29);1H3,(H,3,4)/t18-,21?;/m0./s1. The van der Waals surface area contributed by atoms with Crippen molar-refractivity contribution < 1.29 is 38.6 Å². The molecule has 0 spiro atoms. The molecule has 1 unspecified atom stereocenters. The predicted molar refractivity (Wildman–Crippen MR) is 136 cm³/mol. The third-order valence-electron chi connectivity index (χ3n) is 5.09. The Bertz CT molecular complexity index is 863. The van der Waals surface area contributed by atoms with Crippen molar-refractivity contribution in [2.24, 2.45) is 11.7 Å². The van der Waals surface area contributed by atoms with Gasteiger partial charge in [0.25, 0.3) is 5.97 Å². The van der Waals surface area contributed by atoms with Crippen LogP contribution in [0.2, 0.25) is 0 Å². The number of nitrogens with one attached hydrogen (secondary N) is 3. The molecular weight excluding hydrogens is 484 g/mol. The topological polar surface area (TPSA) is 194 Å². The zero-order chi connectivity index (χ0) is 28.4. The Kier molecular flexibility index (Phi) is 16.9. The van der Waals surface area contributed by atoms with Crippen LogP contribution in [0, 0.1) is 5.92 Å². The molecule has 37 heavy (non-hydrogen) atoms. The van der Waals surface area contributed by atoms with Crippen molar-refractivity contribution in [3.63, 3.8) is 0 Å². The average molecular weight is 525 g/mol. The van der Waals surface area contributed by atoms with Crippen LogP contribution < -0.4 is 21.7 Å². The number of carboxylic acid groups (broad SMARTS) is 1. The second kappa shape index (κ2) is 18.7. The maximum absolute atomic E-state index is 12.5. The van der Waals surface area contributed by atoms with Gasteiger partial charge in [0, 0.05) is 13.3 Å². The summed E-state index contributed by atoms with van der Waals surface area (Å²) in [6.45, 7) is 4.07. The third kappa shape index (κ3) is 16.7. The van der Waals surface area contributed by atoms with E-state index in [0.717, 1.165) is 26.2 Å². The van der Waals surface area contributed by atoms with Crippen molar-refractivity contribution in [2.75, 3.05) is 20.2 Å². The lowest BCUT2D eigenvalue weighted by Crippen LogP contribution is -2.53. The molecule has 0 aromatic carbocycles. The maximum Gasteiger partial charge on any atom is 0.307 e. The van der Waals surface area contributed by atoms with E-state index in [-0.39, 0.29) is 24.7 Å². The van der Waals surface area contributed by atoms with Gasteiger partial charge in [-0.3, -0.25) is 28.8 Å². The molecule has 1 rings (SSSR count). The van der Waals surface area contributed by atoms with Crippen LogP contribution in [0.4, 0.5) is 0 Å². The van der Waals surface area contributed by atoms with Gasteiger partial charge in [-0.15, -0.1) is 0 Å². The smallest absolute Gasteiger partial charge is 0.307 e. The Morgan fingerprint density at radius 2 is 1.68 bits per heavy atom. The van der Waals surface area contributed by atoms with E-state index in [4.69, 9.17) is 15.6 Å². The second-order valence-electron chi connectivity index (χ2n) is 8.78. The number of allylic oxidation sites excluding steroid dienone is 4. The number of rotatable bonds is 14. The monoisotopic (exact) mass is 524 g/mol. The zero-order valence-electron chi connectivity index (χ0n) is 22.0. The number of carbonyl (C=O) groups is 6. The molecule has 6 N–H and O–H groups in total. The minimum Gasteiger partial charge on any atom is -0.481 e. The Morgan fingerprint density at radius 1 is 1.05 bits per heavy atom. The zero-order valence-corrected chi connectivity index (χ0v) is 22.0. The number of hydrogen-bond acceptors (Lipinski definition) is 8. The number of methoxy groups -OCH3 is 1. The van der Waals surface area contributed by atoms with E-state index in [9.17, 15) is 24.0 Å². The summed E-state index contributed by atoms with van der Waals surface area (Å²) >= 11 is 0. The lowest BCUT2D eigenvalue weighted by molar-refractivity contribution is -0.142. The van der Waals surface area contributed by atoms with E-state index >= 15 is 0 Å². The second-order valence-corrected chi connectivity index (χ2v) is 8.78. The molecule has 0 saturated heterocycles. The molecule has 0 fully saturated rings. The SMILES string of the molecule is CC(=O)O.COC(=O)C[C@H](N)C(=O)NCC(=O)NC(C(=O)NCC(=O)CCCC1=CCCC=C1)C(C)C. The molecule has 1 aliphatic rings. The Hall–Kier alpha value is -3.54. The molecule has 0 saturated carbocycles. The van der Waals surface area contributed by atoms with Crippen molar-refractivity contribution >= 4 is 35.4 Å². The first kappa shape index (κ1) is 33.5. The predicted octanol–water partition coefficient (Wildman–Crippen LogP) is 0.357. The molecule has 12 heteroatoms. The molecule has 2 atom stereocenters. The average Bonchev–Trinajstić information content (AvgIpc) is 2.84. The highest BCUT2D eigenvalue weighted by Crippen LogP contribution is 2.15. The number of amides is 3. The molecule has 0 aromatic rings. The number of nitrogens with two attached hydrogens (primary N) is 1. The van der Waals surface area contributed by atoms with Gasteiger partial charge in [-0.1, -0.05) is 37.6 Å². The summed E-state index contributed by atoms with van der Waals surface area (Å²) in [5.74, 6) is -3.56. The Labute approximate surface area is 217 Å². The van der Waals surface area contributed by atoms with Crippen LogP contribution in [-0.2, 0) is 33.5 Å². The van der Waals surface area contributed by atoms with Crippen LogP contribution in [0.3, 0.4) is 0 Å². The van der Waals surface area contributed by atoms with Gasteiger partial charge in [-0.25, -0.2) is 0 Å². The summed E-state index contributed by atoms with van der Waals surface area (Å²) in [7, 11) is 1.18. The molecule has 0 aliphatic heterocycles. The molecule has 0 heterocycles. The summed E-state index contributed by atoms with van der Waals surface area (Å²) in [6.07, 6.45) is 10.1. The fraction of sp³-hybridized carbons (Fsp3) is 0.600. The van der Waals surface area contributed by atoms with Crippen molar-refractivity contribution in [1.82, 2.24) is 16.0 Å². The molecular formula is C25H40N4O8. The molecule has 1 aliphatic carbocycles. The third-order valence-corrected chi connectivity index (χ3v) is 5.09. The fourth-order valence-electron chi connectivity index (χ4n) is 3.14. The highest BCUT2D eigenvalue weighted by atomic mass is 16.5. The van der Waals surface area contributed by atoms with Crippen LogP contribution in [0.15, 0.2) is 23.8 Å². The first-order chi connectivity index (χ1) is 17.4. The minimum absolute atomic E-state index is 0.0792. The quantitative estimate of drug-likeness (QED) is 0.199. The van der Waals surface area contributed by atoms with E-state index in [1.165, 1.54) is 12.7 Å². The van der Waals surface area contributed by atoms with Crippen molar-refractivity contribution in [1.29, 1.82) is 0 Å². The van der Waals surface area contributed by atoms with Gasteiger partial charge in [-0.2, -0.15) is 0 Å². The number of aliphatic carboxylic acids is 1. The van der Waals surface area contributed by atoms with Crippen LogP contribution >= 0.6 is 0 Å². The molecule has 0 radical (unpaired) electrons. The number of esters is 1. The Morgan fingerprint density at radius 3 is 2.22 bits per heavy atom. The van der Waals surface area contributed by atoms with Gasteiger partial charge in [0.15, 0.2) is 5.78 Å². The highest BCUT2D eigenvalue weighted by molar-refractivity contribution is 5.93. The van der Waals surface area contributed by atoms with Crippen molar-refractivity contribution in [3.8, 4) is 0 Å². The maximum atomic E-state index is 12.5. The molecule has 0 bridgehead atoms. The fourth-order valence-corrected chi connectivity index (χ4v) is 3.14. The summed E-state index contributed by atoms with van der Waals surface area (Å²) in [4.78, 5) is 68.8. The minimum atomic E-state index is -1.15. The summed E-state index contributed by atoms with van der Waals surface area (Å²) in [5.41, 5.74) is 6.81. The number of ether oxygens (including phenoxy) is 1. The molecule has 0 aromatic heterocycles. The normalized spacial score (nSPS) is 13.7. The number of carboxylic acids is 1. The summed E-state index contributed by atoms with van der Waals surface area (Å²) in [6, 6.07) is -2.02. The number of ketones is 1. The van der Waals surface area contributed by atoms with Gasteiger partial charge in [0.2, 0.25) is 17.7 Å². The Balaban J connectivity index is 0.00000300. The largest absolute Gasteiger partial charge is 0.481 e. The van der Waals surface area contributed by atoms with E-state index in [0.29, 0.717) is 12.8 Å². The van der Waals surface area contributed by atoms with Crippen molar-refractivity contribution in [3.05, 3.63) is 23.8 Å². The van der Waals surface area contributed by atoms with Crippen LogP contribution in [0.25, 0.3) is 0 Å². The van der Waals surface area contributed by atoms with Gasteiger partial charge >= 0.3 is 5.97 Å². The van der Waals surface area contributed by atoms with Gasteiger partial charge in [0.1, 0.15) is 6.04 Å². The van der Waals surface area contributed by atoms with Crippen LogP contribution in [0.1, 0.15) is 59.3 Å².